The summed E-state index contributed by atoms with van der Waals surface area (Å²) in [6.45, 7) is 7.39. The van der Waals surface area contributed by atoms with Gasteiger partial charge in [-0.25, -0.2) is 13.7 Å². The molecule has 1 unspecified atom stereocenters. The van der Waals surface area contributed by atoms with Crippen molar-refractivity contribution in [3.8, 4) is 0 Å². The molecular formula is C22H27BrN4O4SSi. The number of nitrogens with zero attached hydrogens (tertiary/aromatic N) is 4. The molecule has 11 heteroatoms. The van der Waals surface area contributed by atoms with Crippen molar-refractivity contribution < 1.29 is 18.5 Å². The fourth-order valence-electron chi connectivity index (χ4n) is 2.77. The van der Waals surface area contributed by atoms with Crippen LogP contribution in [0.25, 0.3) is 0 Å². The number of ether oxygens (including phenoxy) is 2. The van der Waals surface area contributed by atoms with Crippen LogP contribution < -0.4 is 0 Å². The van der Waals surface area contributed by atoms with E-state index in [1.54, 1.807) is 30.3 Å². The van der Waals surface area contributed by atoms with Gasteiger partial charge >= 0.3 is 6.09 Å². The molecule has 0 saturated carbocycles. The van der Waals surface area contributed by atoms with E-state index < -0.39 is 23.9 Å². The quantitative estimate of drug-likeness (QED) is 0.255. The predicted molar refractivity (Wildman–Crippen MR) is 132 cm³/mol. The highest BCUT2D eigenvalue weighted by atomic mass is 79.9. The Balaban J connectivity index is 1.90. The second-order valence-electron chi connectivity index (χ2n) is 8.48. The molecule has 1 aromatic heterocycles. The fraction of sp³-hybridized carbons (Fsp3) is 0.318. The Morgan fingerprint density at radius 3 is 2.36 bits per heavy atom. The summed E-state index contributed by atoms with van der Waals surface area (Å²) >= 11 is 3.24. The number of hydrogen-bond donors (Lipinski definition) is 0. The molecule has 0 radical (unpaired) electrons. The molecule has 33 heavy (non-hydrogen) atoms. The molecule has 3 aromatic rings. The third kappa shape index (κ3) is 7.32. The van der Waals surface area contributed by atoms with E-state index in [4.69, 9.17) is 9.47 Å². The summed E-state index contributed by atoms with van der Waals surface area (Å²) < 4.78 is 30.8. The molecule has 2 aromatic carbocycles. The maximum atomic E-state index is 14.2. The molecular weight excluding hydrogens is 524 g/mol. The van der Waals surface area contributed by atoms with Crippen LogP contribution in [0.4, 0.5) is 4.79 Å². The van der Waals surface area contributed by atoms with Crippen molar-refractivity contribution >= 4 is 39.8 Å². The Kier molecular flexibility index (Phi) is 8.57. The van der Waals surface area contributed by atoms with E-state index in [9.17, 15) is 9.00 Å². The summed E-state index contributed by atoms with van der Waals surface area (Å²) in [7, 11) is -4.75. The van der Waals surface area contributed by atoms with Gasteiger partial charge in [-0.2, -0.15) is 4.98 Å². The smallest absolute Gasteiger partial charge is 0.442 e. The lowest BCUT2D eigenvalue weighted by Crippen LogP contribution is -2.22. The minimum Gasteiger partial charge on any atom is -0.443 e. The van der Waals surface area contributed by atoms with Crippen LogP contribution in [0.3, 0.4) is 0 Å². The molecule has 0 aliphatic carbocycles. The Bertz CT molecular complexity index is 1190. The van der Waals surface area contributed by atoms with Crippen molar-refractivity contribution in [2.45, 2.75) is 49.1 Å². The number of amides is 1. The van der Waals surface area contributed by atoms with Gasteiger partial charge in [0.25, 0.3) is 0 Å². The molecule has 1 heterocycles. The van der Waals surface area contributed by atoms with Gasteiger partial charge in [-0.05, 0) is 39.7 Å². The molecule has 0 aliphatic rings. The monoisotopic (exact) mass is 550 g/mol. The van der Waals surface area contributed by atoms with E-state index in [0.717, 1.165) is 11.6 Å². The van der Waals surface area contributed by atoms with Gasteiger partial charge in [0.15, 0.2) is 0 Å². The molecule has 0 aliphatic heterocycles. The standard InChI is InChI=1S/C22H27BrN4O4SSi/c1-33(2,3)15-14-30-17-27-21(24-20(23)25-27)32(29,19-12-8-5-9-13-19)26-22(28)31-16-18-10-6-4-7-11-18/h4-13H,14-17H2,1-3H3. The largest absolute Gasteiger partial charge is 0.443 e. The number of halogens is 1. The van der Waals surface area contributed by atoms with E-state index in [-0.39, 0.29) is 23.2 Å². The van der Waals surface area contributed by atoms with Gasteiger partial charge in [-0.3, -0.25) is 0 Å². The van der Waals surface area contributed by atoms with Crippen molar-refractivity contribution in [2.24, 2.45) is 4.36 Å². The summed E-state index contributed by atoms with van der Waals surface area (Å²) in [5, 5.41) is 4.27. The lowest BCUT2D eigenvalue weighted by Gasteiger charge is -2.16. The molecule has 0 bridgehead atoms. The molecule has 8 nitrogen and oxygen atoms in total. The van der Waals surface area contributed by atoms with Gasteiger partial charge in [-0.1, -0.05) is 68.2 Å². The topological polar surface area (TPSA) is 95.7 Å². The summed E-state index contributed by atoms with van der Waals surface area (Å²) in [5.41, 5.74) is 0.800. The van der Waals surface area contributed by atoms with E-state index in [2.05, 4.69) is 50.0 Å². The first-order chi connectivity index (χ1) is 15.7. The van der Waals surface area contributed by atoms with Gasteiger partial charge in [0.2, 0.25) is 9.89 Å². The zero-order valence-corrected chi connectivity index (χ0v) is 22.2. The average molecular weight is 552 g/mol. The number of benzene rings is 2. The van der Waals surface area contributed by atoms with Crippen LogP contribution in [0.15, 0.2) is 79.8 Å². The molecule has 1 atom stereocenters. The fourth-order valence-corrected chi connectivity index (χ4v) is 5.78. The molecule has 3 rings (SSSR count). The number of carbonyl (C=O) groups is 1. The lowest BCUT2D eigenvalue weighted by molar-refractivity contribution is 0.0714. The molecule has 0 N–H and O–H groups in total. The molecule has 0 saturated heterocycles. The number of carbonyl (C=O) groups excluding carboxylic acids is 1. The SMILES string of the molecule is C[Si](C)(C)CCOCn1nc(Br)nc1S(=O)(=NC(=O)OCc1ccccc1)c1ccccc1. The summed E-state index contributed by atoms with van der Waals surface area (Å²) in [6, 6.07) is 18.7. The first kappa shape index (κ1) is 25.3. The van der Waals surface area contributed by atoms with E-state index >= 15 is 0 Å². The zero-order chi connectivity index (χ0) is 23.9. The van der Waals surface area contributed by atoms with Crippen LogP contribution in [-0.4, -0.2) is 39.7 Å². The second kappa shape index (κ2) is 11.2. The van der Waals surface area contributed by atoms with Gasteiger partial charge in [0, 0.05) is 14.7 Å². The Morgan fingerprint density at radius 1 is 1.09 bits per heavy atom. The van der Waals surface area contributed by atoms with Crippen LogP contribution in [0.1, 0.15) is 5.56 Å². The van der Waals surface area contributed by atoms with E-state index in [1.807, 2.05) is 30.3 Å². The maximum absolute atomic E-state index is 14.2. The zero-order valence-electron chi connectivity index (χ0n) is 18.8. The van der Waals surface area contributed by atoms with Crippen LogP contribution in [0, 0.1) is 0 Å². The normalized spacial score (nSPS) is 13.3. The third-order valence-corrected chi connectivity index (χ3v) is 8.69. The molecule has 176 valence electrons. The molecule has 0 spiro atoms. The minimum atomic E-state index is -3.49. The predicted octanol–water partition coefficient (Wildman–Crippen LogP) is 5.58. The first-order valence-electron chi connectivity index (χ1n) is 10.4. The van der Waals surface area contributed by atoms with Crippen molar-refractivity contribution in [1.29, 1.82) is 0 Å². The molecule has 0 fully saturated rings. The highest BCUT2D eigenvalue weighted by molar-refractivity contribution is 9.10. The van der Waals surface area contributed by atoms with E-state index in [1.165, 1.54) is 4.68 Å². The van der Waals surface area contributed by atoms with Gasteiger partial charge in [0.1, 0.15) is 23.1 Å². The maximum Gasteiger partial charge on any atom is 0.442 e. The van der Waals surface area contributed by atoms with Crippen molar-refractivity contribution in [2.75, 3.05) is 6.61 Å². The first-order valence-corrected chi connectivity index (χ1v) is 16.4. The van der Waals surface area contributed by atoms with Crippen molar-refractivity contribution in [3.05, 3.63) is 71.0 Å². The number of aromatic nitrogens is 3. The van der Waals surface area contributed by atoms with Crippen LogP contribution in [0.5, 0.6) is 0 Å². The highest BCUT2D eigenvalue weighted by Gasteiger charge is 2.26. The Labute approximate surface area is 203 Å². The number of hydrogen-bond acceptors (Lipinski definition) is 6. The van der Waals surface area contributed by atoms with Crippen LogP contribution in [0.2, 0.25) is 25.7 Å². The Morgan fingerprint density at radius 2 is 1.73 bits per heavy atom. The van der Waals surface area contributed by atoms with Gasteiger partial charge < -0.3 is 9.47 Å². The van der Waals surface area contributed by atoms with E-state index in [0.29, 0.717) is 11.5 Å². The summed E-state index contributed by atoms with van der Waals surface area (Å²) in [5.74, 6) is 0. The summed E-state index contributed by atoms with van der Waals surface area (Å²) in [4.78, 5) is 17.2. The van der Waals surface area contributed by atoms with Gasteiger partial charge in [0.05, 0.1) is 4.90 Å². The lowest BCUT2D eigenvalue weighted by atomic mass is 10.2. The number of rotatable bonds is 9. The summed E-state index contributed by atoms with van der Waals surface area (Å²) in [6.07, 6.45) is -0.946. The molecule has 1 amide bonds. The highest BCUT2D eigenvalue weighted by Crippen LogP contribution is 2.24. The average Bonchev–Trinajstić information content (AvgIpc) is 3.17. The van der Waals surface area contributed by atoms with Crippen molar-refractivity contribution in [3.63, 3.8) is 0 Å². The minimum absolute atomic E-state index is 0.0175. The second-order valence-corrected chi connectivity index (χ2v) is 16.9. The Hall–Kier alpha value is -2.34. The van der Waals surface area contributed by atoms with Crippen LogP contribution in [-0.2, 0) is 32.5 Å². The van der Waals surface area contributed by atoms with Gasteiger partial charge in [-0.15, -0.1) is 9.46 Å². The third-order valence-electron chi connectivity index (χ3n) is 4.54. The van der Waals surface area contributed by atoms with Crippen LogP contribution >= 0.6 is 15.9 Å². The van der Waals surface area contributed by atoms with Crippen molar-refractivity contribution in [1.82, 2.24) is 14.8 Å².